The van der Waals surface area contributed by atoms with Crippen LogP contribution in [-0.4, -0.2) is 22.4 Å². The third-order valence-electron chi connectivity index (χ3n) is 3.43. The van der Waals surface area contributed by atoms with E-state index in [1.807, 2.05) is 42.3 Å². The first-order chi connectivity index (χ1) is 10.3. The van der Waals surface area contributed by atoms with Crippen molar-refractivity contribution in [3.8, 4) is 0 Å². The normalized spacial score (nSPS) is 17.7. The summed E-state index contributed by atoms with van der Waals surface area (Å²) in [7, 11) is 0. The molecule has 0 amide bonds. The lowest BCUT2D eigenvalue weighted by atomic mass is 10.0. The molecule has 0 aliphatic carbocycles. The maximum absolute atomic E-state index is 5.56. The molecule has 2 aromatic rings. The minimum Gasteiger partial charge on any atom is -0.467 e. The maximum atomic E-state index is 5.56. The van der Waals surface area contributed by atoms with Gasteiger partial charge < -0.3 is 9.73 Å². The van der Waals surface area contributed by atoms with Gasteiger partial charge in [0.2, 0.25) is 0 Å². The molecule has 1 unspecified atom stereocenters. The average molecular weight is 299 g/mol. The number of hydrogen-bond donors (Lipinski definition) is 1. The number of hydrazone groups is 1. The Kier molecular flexibility index (Phi) is 4.01. The molecule has 5 heteroatoms. The average Bonchev–Trinajstić information content (AvgIpc) is 3.17. The summed E-state index contributed by atoms with van der Waals surface area (Å²) in [5.74, 6) is 0.880. The van der Waals surface area contributed by atoms with Crippen LogP contribution < -0.4 is 5.32 Å². The van der Waals surface area contributed by atoms with Gasteiger partial charge in [0, 0.05) is 13.0 Å². The van der Waals surface area contributed by atoms with Crippen LogP contribution in [-0.2, 0) is 0 Å². The Hall–Kier alpha value is -2.14. The summed E-state index contributed by atoms with van der Waals surface area (Å²) in [6, 6.07) is 14.1. The number of nitrogens with zero attached hydrogens (tertiary/aromatic N) is 2. The second-order valence-electron chi connectivity index (χ2n) is 4.83. The van der Waals surface area contributed by atoms with Crippen LogP contribution in [0.15, 0.2) is 58.2 Å². The quantitative estimate of drug-likeness (QED) is 0.883. The van der Waals surface area contributed by atoms with Gasteiger partial charge >= 0.3 is 0 Å². The fraction of sp³-hybridized carbons (Fsp3) is 0.250. The Morgan fingerprint density at radius 2 is 2.14 bits per heavy atom. The molecule has 108 valence electrons. The number of nitrogens with one attached hydrogen (secondary N) is 1. The van der Waals surface area contributed by atoms with Gasteiger partial charge in [0.25, 0.3) is 0 Å². The number of benzene rings is 1. The van der Waals surface area contributed by atoms with E-state index in [2.05, 4.69) is 17.4 Å². The summed E-state index contributed by atoms with van der Waals surface area (Å²) < 4.78 is 5.56. The van der Waals surface area contributed by atoms with Crippen LogP contribution in [0.3, 0.4) is 0 Å². The van der Waals surface area contributed by atoms with Crippen LogP contribution in [0, 0.1) is 0 Å². The Bertz CT molecular complexity index is 637. The fourth-order valence-corrected chi connectivity index (χ4v) is 2.75. The molecule has 1 aliphatic heterocycles. The van der Waals surface area contributed by atoms with Crippen molar-refractivity contribution < 1.29 is 4.42 Å². The van der Waals surface area contributed by atoms with Gasteiger partial charge in [0.1, 0.15) is 11.8 Å². The van der Waals surface area contributed by atoms with Gasteiger partial charge in [-0.25, -0.2) is 5.01 Å². The lowest BCUT2D eigenvalue weighted by Gasteiger charge is -2.22. The van der Waals surface area contributed by atoms with Crippen LogP contribution in [0.5, 0.6) is 0 Å². The summed E-state index contributed by atoms with van der Waals surface area (Å²) in [6.07, 6.45) is 2.47. The van der Waals surface area contributed by atoms with Crippen LogP contribution in [0.2, 0.25) is 0 Å². The Labute approximate surface area is 129 Å². The van der Waals surface area contributed by atoms with Crippen molar-refractivity contribution in [2.24, 2.45) is 5.10 Å². The Morgan fingerprint density at radius 1 is 1.33 bits per heavy atom. The van der Waals surface area contributed by atoms with Gasteiger partial charge in [-0.3, -0.25) is 0 Å². The smallest absolute Gasteiger partial charge is 0.190 e. The predicted molar refractivity (Wildman–Crippen MR) is 87.2 cm³/mol. The molecule has 21 heavy (non-hydrogen) atoms. The zero-order valence-corrected chi connectivity index (χ0v) is 12.6. The zero-order chi connectivity index (χ0) is 14.7. The molecule has 0 radical (unpaired) electrons. The molecule has 0 fully saturated rings. The van der Waals surface area contributed by atoms with Crippen molar-refractivity contribution in [2.75, 3.05) is 6.54 Å². The lowest BCUT2D eigenvalue weighted by molar-refractivity contribution is 0.311. The molecule has 1 aliphatic rings. The minimum atomic E-state index is 0.0155. The molecule has 1 atom stereocenters. The highest BCUT2D eigenvalue weighted by molar-refractivity contribution is 7.80. The summed E-state index contributed by atoms with van der Waals surface area (Å²) in [6.45, 7) is 2.79. The topological polar surface area (TPSA) is 40.8 Å². The van der Waals surface area contributed by atoms with Crippen molar-refractivity contribution in [3.05, 3.63) is 60.1 Å². The largest absolute Gasteiger partial charge is 0.467 e. The summed E-state index contributed by atoms with van der Waals surface area (Å²) in [4.78, 5) is 0. The maximum Gasteiger partial charge on any atom is 0.190 e. The third-order valence-corrected chi connectivity index (χ3v) is 3.76. The zero-order valence-electron chi connectivity index (χ0n) is 11.8. The van der Waals surface area contributed by atoms with Gasteiger partial charge in [-0.15, -0.1) is 0 Å². The van der Waals surface area contributed by atoms with Crippen LogP contribution in [0.4, 0.5) is 0 Å². The van der Waals surface area contributed by atoms with E-state index >= 15 is 0 Å². The summed E-state index contributed by atoms with van der Waals surface area (Å²) in [5.41, 5.74) is 2.15. The second-order valence-corrected chi connectivity index (χ2v) is 5.21. The van der Waals surface area contributed by atoms with Crippen LogP contribution in [0.1, 0.15) is 30.7 Å². The minimum absolute atomic E-state index is 0.0155. The van der Waals surface area contributed by atoms with E-state index < -0.39 is 0 Å². The lowest BCUT2D eigenvalue weighted by Crippen LogP contribution is -2.36. The third kappa shape index (κ3) is 2.83. The molecule has 4 nitrogen and oxygen atoms in total. The van der Waals surface area contributed by atoms with Crippen LogP contribution in [0.25, 0.3) is 0 Å². The van der Waals surface area contributed by atoms with Gasteiger partial charge in [-0.1, -0.05) is 30.3 Å². The molecule has 0 spiro atoms. The summed E-state index contributed by atoms with van der Waals surface area (Å²) >= 11 is 5.43. The Balaban J connectivity index is 1.91. The van der Waals surface area contributed by atoms with Crippen molar-refractivity contribution in [3.63, 3.8) is 0 Å². The summed E-state index contributed by atoms with van der Waals surface area (Å²) in [5, 5.41) is 10.3. The molecule has 1 N–H and O–H groups in total. The molecular weight excluding hydrogens is 282 g/mol. The first kappa shape index (κ1) is 13.8. The van der Waals surface area contributed by atoms with Crippen LogP contribution >= 0.6 is 12.2 Å². The van der Waals surface area contributed by atoms with Gasteiger partial charge in [0.15, 0.2) is 5.11 Å². The van der Waals surface area contributed by atoms with E-state index in [-0.39, 0.29) is 6.04 Å². The molecule has 1 aromatic carbocycles. The van der Waals surface area contributed by atoms with E-state index in [0.717, 1.165) is 30.0 Å². The van der Waals surface area contributed by atoms with Gasteiger partial charge in [0.05, 0.1) is 12.0 Å². The molecule has 3 rings (SSSR count). The monoisotopic (exact) mass is 299 g/mol. The van der Waals surface area contributed by atoms with Crippen molar-refractivity contribution in [2.45, 2.75) is 19.4 Å². The highest BCUT2D eigenvalue weighted by Gasteiger charge is 2.32. The number of furan rings is 1. The van der Waals surface area contributed by atoms with E-state index in [4.69, 9.17) is 21.7 Å². The van der Waals surface area contributed by atoms with Crippen molar-refractivity contribution in [1.29, 1.82) is 0 Å². The number of rotatable bonds is 3. The molecule has 0 bridgehead atoms. The molecule has 0 saturated carbocycles. The SMILES string of the molecule is CCNC(=S)N1N=C(c2ccccc2)CC1c1ccco1. The van der Waals surface area contributed by atoms with Gasteiger partial charge in [-0.05, 0) is 36.8 Å². The fourth-order valence-electron chi connectivity index (χ4n) is 2.44. The van der Waals surface area contributed by atoms with Gasteiger partial charge in [-0.2, -0.15) is 5.10 Å². The molecule has 1 aromatic heterocycles. The molecular formula is C16H17N3OS. The first-order valence-corrected chi connectivity index (χ1v) is 7.43. The highest BCUT2D eigenvalue weighted by atomic mass is 32.1. The standard InChI is InChI=1S/C16H17N3OS/c1-2-17-16(21)19-14(15-9-6-10-20-15)11-13(18-19)12-7-4-3-5-8-12/h3-10,14H,2,11H2,1H3,(H,17,21). The van der Waals surface area contributed by atoms with E-state index in [1.165, 1.54) is 0 Å². The van der Waals surface area contributed by atoms with E-state index in [0.29, 0.717) is 5.11 Å². The highest BCUT2D eigenvalue weighted by Crippen LogP contribution is 2.32. The van der Waals surface area contributed by atoms with E-state index in [9.17, 15) is 0 Å². The Morgan fingerprint density at radius 3 is 2.81 bits per heavy atom. The first-order valence-electron chi connectivity index (χ1n) is 7.03. The molecule has 0 saturated heterocycles. The van der Waals surface area contributed by atoms with Crippen molar-refractivity contribution >= 4 is 23.0 Å². The van der Waals surface area contributed by atoms with Crippen molar-refractivity contribution in [1.82, 2.24) is 10.3 Å². The number of thiocarbonyl (C=S) groups is 1. The second kappa shape index (κ2) is 6.10. The number of hydrogen-bond acceptors (Lipinski definition) is 3. The molecule has 2 heterocycles. The predicted octanol–water partition coefficient (Wildman–Crippen LogP) is 3.33. The van der Waals surface area contributed by atoms with E-state index in [1.54, 1.807) is 6.26 Å².